The van der Waals surface area contributed by atoms with E-state index < -0.39 is 12.1 Å². The van der Waals surface area contributed by atoms with Crippen LogP contribution in [0.5, 0.6) is 0 Å². The third-order valence-electron chi connectivity index (χ3n) is 3.59. The Morgan fingerprint density at radius 2 is 1.80 bits per heavy atom. The van der Waals surface area contributed by atoms with Gasteiger partial charge in [-0.05, 0) is 30.1 Å². The van der Waals surface area contributed by atoms with Crippen molar-refractivity contribution in [1.29, 1.82) is 0 Å². The standard InChI is InChI=1S/C12H22O3/c1-12(2,3)9-7-5-4-6-8(9)10(13)11(14)15/h8-10,13H,4-7H2,1-3H3,(H,14,15). The van der Waals surface area contributed by atoms with Crippen LogP contribution in [-0.2, 0) is 4.79 Å². The topological polar surface area (TPSA) is 57.5 Å². The molecule has 3 heteroatoms. The molecule has 0 radical (unpaired) electrons. The third-order valence-corrected chi connectivity index (χ3v) is 3.59. The molecule has 3 unspecified atom stereocenters. The molecule has 1 aliphatic rings. The van der Waals surface area contributed by atoms with Crippen molar-refractivity contribution in [1.82, 2.24) is 0 Å². The Balaban J connectivity index is 2.78. The Hall–Kier alpha value is -0.570. The second kappa shape index (κ2) is 4.52. The highest BCUT2D eigenvalue weighted by molar-refractivity contribution is 5.72. The van der Waals surface area contributed by atoms with Crippen LogP contribution >= 0.6 is 0 Å². The van der Waals surface area contributed by atoms with Crippen molar-refractivity contribution in [3.05, 3.63) is 0 Å². The molecule has 0 aromatic heterocycles. The van der Waals surface area contributed by atoms with Gasteiger partial charge in [-0.25, -0.2) is 4.79 Å². The van der Waals surface area contributed by atoms with E-state index >= 15 is 0 Å². The van der Waals surface area contributed by atoms with Crippen molar-refractivity contribution >= 4 is 5.97 Å². The molecule has 1 rings (SSSR count). The van der Waals surface area contributed by atoms with Crippen LogP contribution in [0.4, 0.5) is 0 Å². The van der Waals surface area contributed by atoms with E-state index in [-0.39, 0.29) is 11.3 Å². The summed E-state index contributed by atoms with van der Waals surface area (Å²) in [5.41, 5.74) is 0.0848. The number of carboxylic acid groups (broad SMARTS) is 1. The molecule has 0 spiro atoms. The maximum atomic E-state index is 10.8. The van der Waals surface area contributed by atoms with E-state index in [2.05, 4.69) is 20.8 Å². The van der Waals surface area contributed by atoms with Gasteiger partial charge in [-0.1, -0.05) is 33.6 Å². The number of aliphatic carboxylic acids is 1. The average molecular weight is 214 g/mol. The molecule has 15 heavy (non-hydrogen) atoms. The van der Waals surface area contributed by atoms with Gasteiger partial charge in [0, 0.05) is 0 Å². The fraction of sp³-hybridized carbons (Fsp3) is 0.917. The number of hydrogen-bond donors (Lipinski definition) is 2. The Kier molecular flexibility index (Phi) is 3.77. The zero-order chi connectivity index (χ0) is 11.6. The van der Waals surface area contributed by atoms with E-state index in [1.165, 1.54) is 0 Å². The smallest absolute Gasteiger partial charge is 0.332 e. The molecule has 3 nitrogen and oxygen atoms in total. The second-order valence-electron chi connectivity index (χ2n) is 5.70. The van der Waals surface area contributed by atoms with Crippen molar-refractivity contribution < 1.29 is 15.0 Å². The molecular formula is C12H22O3. The minimum atomic E-state index is -1.19. The number of aliphatic hydroxyl groups excluding tert-OH is 1. The van der Waals surface area contributed by atoms with Crippen molar-refractivity contribution in [3.8, 4) is 0 Å². The fourth-order valence-corrected chi connectivity index (χ4v) is 2.80. The van der Waals surface area contributed by atoms with Gasteiger partial charge in [0.1, 0.15) is 0 Å². The van der Waals surface area contributed by atoms with Crippen molar-refractivity contribution in [2.45, 2.75) is 52.6 Å². The van der Waals surface area contributed by atoms with Crippen molar-refractivity contribution in [3.63, 3.8) is 0 Å². The Morgan fingerprint density at radius 3 is 2.27 bits per heavy atom. The minimum absolute atomic E-state index is 0.0729. The summed E-state index contributed by atoms with van der Waals surface area (Å²) in [7, 11) is 0. The summed E-state index contributed by atoms with van der Waals surface area (Å²) in [5.74, 6) is -0.829. The van der Waals surface area contributed by atoms with Crippen LogP contribution in [0.25, 0.3) is 0 Å². The molecule has 1 saturated carbocycles. The number of aliphatic hydroxyl groups is 1. The lowest BCUT2D eigenvalue weighted by molar-refractivity contribution is -0.153. The van der Waals surface area contributed by atoms with Crippen LogP contribution in [-0.4, -0.2) is 22.3 Å². The van der Waals surface area contributed by atoms with E-state index in [0.29, 0.717) is 5.92 Å². The highest BCUT2D eigenvalue weighted by Gasteiger charge is 2.40. The summed E-state index contributed by atoms with van der Waals surface area (Å²) in [4.78, 5) is 10.8. The quantitative estimate of drug-likeness (QED) is 0.741. The van der Waals surface area contributed by atoms with Gasteiger partial charge in [0.05, 0.1) is 0 Å². The number of hydrogen-bond acceptors (Lipinski definition) is 2. The lowest BCUT2D eigenvalue weighted by atomic mass is 9.65. The average Bonchev–Trinajstić information content (AvgIpc) is 2.15. The summed E-state index contributed by atoms with van der Waals surface area (Å²) in [6.07, 6.45) is 2.90. The molecular weight excluding hydrogens is 192 g/mol. The van der Waals surface area contributed by atoms with E-state index in [1.54, 1.807) is 0 Å². The van der Waals surface area contributed by atoms with Crippen LogP contribution in [0.15, 0.2) is 0 Å². The van der Waals surface area contributed by atoms with Crippen LogP contribution < -0.4 is 0 Å². The SMILES string of the molecule is CC(C)(C)C1CCCCC1C(O)C(=O)O. The molecule has 1 fully saturated rings. The Bertz CT molecular complexity index is 230. The zero-order valence-electron chi connectivity index (χ0n) is 9.86. The second-order valence-corrected chi connectivity index (χ2v) is 5.70. The predicted octanol–water partition coefficient (Wildman–Crippen LogP) is 2.28. The number of rotatable bonds is 2. The predicted molar refractivity (Wildman–Crippen MR) is 58.5 cm³/mol. The van der Waals surface area contributed by atoms with Gasteiger partial charge >= 0.3 is 5.97 Å². The largest absolute Gasteiger partial charge is 0.479 e. The van der Waals surface area contributed by atoms with Crippen LogP contribution in [0.1, 0.15) is 46.5 Å². The molecule has 88 valence electrons. The molecule has 0 heterocycles. The lowest BCUT2D eigenvalue weighted by Crippen LogP contribution is -2.41. The number of carbonyl (C=O) groups is 1. The summed E-state index contributed by atoms with van der Waals surface area (Å²) in [6.45, 7) is 6.39. The first-order valence-electron chi connectivity index (χ1n) is 5.75. The molecule has 0 bridgehead atoms. The fourth-order valence-electron chi connectivity index (χ4n) is 2.80. The van der Waals surface area contributed by atoms with E-state index in [0.717, 1.165) is 25.7 Å². The van der Waals surface area contributed by atoms with E-state index in [1.807, 2.05) is 0 Å². The monoisotopic (exact) mass is 214 g/mol. The lowest BCUT2D eigenvalue weighted by Gasteiger charge is -2.41. The maximum absolute atomic E-state index is 10.8. The van der Waals surface area contributed by atoms with Crippen molar-refractivity contribution in [2.24, 2.45) is 17.3 Å². The van der Waals surface area contributed by atoms with Gasteiger partial charge in [0.2, 0.25) is 0 Å². The summed E-state index contributed by atoms with van der Waals surface area (Å²) >= 11 is 0. The maximum Gasteiger partial charge on any atom is 0.332 e. The molecule has 0 aliphatic heterocycles. The van der Waals surface area contributed by atoms with Gasteiger partial charge in [-0.3, -0.25) is 0 Å². The molecule has 2 N–H and O–H groups in total. The summed E-state index contributed by atoms with van der Waals surface area (Å²) < 4.78 is 0. The van der Waals surface area contributed by atoms with Crippen LogP contribution in [0.2, 0.25) is 0 Å². The van der Waals surface area contributed by atoms with E-state index in [4.69, 9.17) is 5.11 Å². The molecule has 3 atom stereocenters. The number of carboxylic acids is 1. The molecule has 0 amide bonds. The van der Waals surface area contributed by atoms with Gasteiger partial charge in [0.25, 0.3) is 0 Å². The molecule has 1 aliphatic carbocycles. The minimum Gasteiger partial charge on any atom is -0.479 e. The molecule has 0 aromatic rings. The van der Waals surface area contributed by atoms with Crippen molar-refractivity contribution in [2.75, 3.05) is 0 Å². The summed E-state index contributed by atoms with van der Waals surface area (Å²) in [6, 6.07) is 0. The molecule has 0 saturated heterocycles. The normalized spacial score (nSPS) is 29.9. The van der Waals surface area contributed by atoms with Gasteiger partial charge in [0.15, 0.2) is 6.10 Å². The first-order valence-corrected chi connectivity index (χ1v) is 5.75. The summed E-state index contributed by atoms with van der Waals surface area (Å²) in [5, 5.41) is 18.6. The molecule has 0 aromatic carbocycles. The van der Waals surface area contributed by atoms with Crippen LogP contribution in [0, 0.1) is 17.3 Å². The third kappa shape index (κ3) is 2.94. The zero-order valence-corrected chi connectivity index (χ0v) is 9.86. The first kappa shape index (κ1) is 12.5. The van der Waals surface area contributed by atoms with Gasteiger partial charge in [-0.15, -0.1) is 0 Å². The van der Waals surface area contributed by atoms with E-state index in [9.17, 15) is 9.90 Å². The Morgan fingerprint density at radius 1 is 1.27 bits per heavy atom. The Labute approximate surface area is 91.5 Å². The highest BCUT2D eigenvalue weighted by atomic mass is 16.4. The van der Waals surface area contributed by atoms with Gasteiger partial charge in [-0.2, -0.15) is 0 Å². The van der Waals surface area contributed by atoms with Gasteiger partial charge < -0.3 is 10.2 Å². The highest BCUT2D eigenvalue weighted by Crippen LogP contribution is 2.43. The first-order chi connectivity index (χ1) is 6.84. The van der Waals surface area contributed by atoms with Crippen LogP contribution in [0.3, 0.4) is 0 Å².